The van der Waals surface area contributed by atoms with Gasteiger partial charge in [0.25, 0.3) is 0 Å². The molecule has 0 atom stereocenters. The summed E-state index contributed by atoms with van der Waals surface area (Å²) in [5, 5.41) is 8.93. The minimum Gasteiger partial charge on any atom is -0.330 e. The van der Waals surface area contributed by atoms with Crippen molar-refractivity contribution in [3.63, 3.8) is 0 Å². The lowest BCUT2D eigenvalue weighted by molar-refractivity contribution is 0.754. The lowest BCUT2D eigenvalue weighted by atomic mass is 10.0. The first kappa shape index (κ1) is 16.8. The van der Waals surface area contributed by atoms with Crippen LogP contribution in [-0.2, 0) is 13.0 Å². The van der Waals surface area contributed by atoms with Gasteiger partial charge in [-0.15, -0.1) is 0 Å². The molecule has 1 heterocycles. The van der Waals surface area contributed by atoms with Crippen LogP contribution in [0, 0.1) is 11.3 Å². The van der Waals surface area contributed by atoms with Crippen molar-refractivity contribution >= 4 is 0 Å². The molecule has 0 aliphatic heterocycles. The van der Waals surface area contributed by atoms with Gasteiger partial charge in [0.2, 0.25) is 0 Å². The van der Waals surface area contributed by atoms with Crippen LogP contribution in [0.25, 0.3) is 11.1 Å². The maximum absolute atomic E-state index is 8.93. The second kappa shape index (κ2) is 7.72. The SMILES string of the molecule is N#Cc1ccc(Cc2cncn2Cc2cccc(-c3ccccc3)c2)cc1. The Morgan fingerprint density at radius 1 is 0.815 bits per heavy atom. The standard InChI is InChI=1S/C24H19N3/c25-15-20-11-9-19(10-12-20)14-24-16-26-18-27(24)17-21-5-4-8-23(13-21)22-6-2-1-3-7-22/h1-13,16,18H,14,17H2. The van der Waals surface area contributed by atoms with E-state index in [2.05, 4.69) is 64.2 Å². The highest BCUT2D eigenvalue weighted by Gasteiger charge is 2.06. The van der Waals surface area contributed by atoms with Gasteiger partial charge in [0.1, 0.15) is 0 Å². The van der Waals surface area contributed by atoms with Gasteiger partial charge in [-0.2, -0.15) is 5.26 Å². The first-order valence-corrected chi connectivity index (χ1v) is 8.94. The minimum atomic E-state index is 0.685. The van der Waals surface area contributed by atoms with E-state index in [1.165, 1.54) is 22.3 Å². The van der Waals surface area contributed by atoms with Crippen LogP contribution in [0.2, 0.25) is 0 Å². The normalized spacial score (nSPS) is 10.5. The van der Waals surface area contributed by atoms with Crippen LogP contribution in [0.4, 0.5) is 0 Å². The van der Waals surface area contributed by atoms with Crippen LogP contribution in [0.15, 0.2) is 91.4 Å². The van der Waals surface area contributed by atoms with E-state index in [1.54, 1.807) is 0 Å². The monoisotopic (exact) mass is 349 g/mol. The van der Waals surface area contributed by atoms with E-state index in [4.69, 9.17) is 5.26 Å². The van der Waals surface area contributed by atoms with Gasteiger partial charge < -0.3 is 4.57 Å². The van der Waals surface area contributed by atoms with Gasteiger partial charge in [0.15, 0.2) is 0 Å². The predicted molar refractivity (Wildman–Crippen MR) is 107 cm³/mol. The van der Waals surface area contributed by atoms with Gasteiger partial charge in [-0.1, -0.05) is 60.7 Å². The lowest BCUT2D eigenvalue weighted by Crippen LogP contribution is -2.04. The van der Waals surface area contributed by atoms with E-state index in [-0.39, 0.29) is 0 Å². The zero-order valence-corrected chi connectivity index (χ0v) is 14.9. The number of nitriles is 1. The predicted octanol–water partition coefficient (Wildman–Crippen LogP) is 5.06. The molecule has 27 heavy (non-hydrogen) atoms. The molecule has 3 aromatic carbocycles. The summed E-state index contributed by atoms with van der Waals surface area (Å²) in [7, 11) is 0. The van der Waals surface area contributed by atoms with E-state index in [0.29, 0.717) is 5.56 Å². The highest BCUT2D eigenvalue weighted by Crippen LogP contribution is 2.21. The Labute approximate surface area is 159 Å². The van der Waals surface area contributed by atoms with Crippen LogP contribution < -0.4 is 0 Å². The summed E-state index contributed by atoms with van der Waals surface area (Å²) >= 11 is 0. The maximum Gasteiger partial charge on any atom is 0.0991 e. The number of imidazole rings is 1. The molecule has 0 unspecified atom stereocenters. The van der Waals surface area contributed by atoms with Crippen molar-refractivity contribution in [3.8, 4) is 17.2 Å². The molecule has 0 radical (unpaired) electrons. The van der Waals surface area contributed by atoms with Gasteiger partial charge in [-0.3, -0.25) is 0 Å². The zero-order chi connectivity index (χ0) is 18.5. The van der Waals surface area contributed by atoms with Gasteiger partial charge >= 0.3 is 0 Å². The Morgan fingerprint density at radius 2 is 1.59 bits per heavy atom. The molecule has 1 aromatic heterocycles. The highest BCUT2D eigenvalue weighted by atomic mass is 15.0. The maximum atomic E-state index is 8.93. The fraction of sp³-hybridized carbons (Fsp3) is 0.0833. The third-order valence-electron chi connectivity index (χ3n) is 4.65. The molecule has 3 heteroatoms. The number of hydrogen-bond donors (Lipinski definition) is 0. The van der Waals surface area contributed by atoms with Crippen molar-refractivity contribution in [1.29, 1.82) is 5.26 Å². The molecule has 0 saturated carbocycles. The molecule has 130 valence electrons. The summed E-state index contributed by atoms with van der Waals surface area (Å²) in [4.78, 5) is 4.34. The van der Waals surface area contributed by atoms with Crippen molar-refractivity contribution in [2.45, 2.75) is 13.0 Å². The average molecular weight is 349 g/mol. The Hall–Kier alpha value is -3.64. The molecule has 0 spiro atoms. The van der Waals surface area contributed by atoms with Gasteiger partial charge in [0.05, 0.1) is 18.0 Å². The van der Waals surface area contributed by atoms with Crippen molar-refractivity contribution < 1.29 is 0 Å². The Kier molecular flexibility index (Phi) is 4.80. The van der Waals surface area contributed by atoms with E-state index in [1.807, 2.05) is 42.9 Å². The van der Waals surface area contributed by atoms with Gasteiger partial charge in [-0.05, 0) is 40.5 Å². The zero-order valence-electron chi connectivity index (χ0n) is 14.9. The summed E-state index contributed by atoms with van der Waals surface area (Å²) < 4.78 is 2.18. The molecule has 0 aliphatic carbocycles. The average Bonchev–Trinajstić information content (AvgIpc) is 3.16. The molecule has 0 fully saturated rings. The van der Waals surface area contributed by atoms with Crippen molar-refractivity contribution in [2.24, 2.45) is 0 Å². The molecular weight excluding hydrogens is 330 g/mol. The molecular formula is C24H19N3. The molecule has 0 amide bonds. The fourth-order valence-corrected chi connectivity index (χ4v) is 3.22. The smallest absolute Gasteiger partial charge is 0.0991 e. The number of aromatic nitrogens is 2. The van der Waals surface area contributed by atoms with E-state index in [0.717, 1.165) is 18.7 Å². The van der Waals surface area contributed by atoms with E-state index < -0.39 is 0 Å². The number of hydrogen-bond acceptors (Lipinski definition) is 2. The summed E-state index contributed by atoms with van der Waals surface area (Å²) in [6, 6.07) is 29.0. The second-order valence-corrected chi connectivity index (χ2v) is 6.56. The van der Waals surface area contributed by atoms with Crippen LogP contribution in [0.3, 0.4) is 0 Å². The van der Waals surface area contributed by atoms with Crippen LogP contribution in [-0.4, -0.2) is 9.55 Å². The number of benzene rings is 3. The van der Waals surface area contributed by atoms with Gasteiger partial charge in [-0.25, -0.2) is 4.98 Å². The van der Waals surface area contributed by atoms with E-state index in [9.17, 15) is 0 Å². The third kappa shape index (κ3) is 3.96. The highest BCUT2D eigenvalue weighted by molar-refractivity contribution is 5.63. The molecule has 0 bridgehead atoms. The molecule has 4 rings (SSSR count). The number of rotatable bonds is 5. The van der Waals surface area contributed by atoms with Crippen LogP contribution >= 0.6 is 0 Å². The fourth-order valence-electron chi connectivity index (χ4n) is 3.22. The van der Waals surface area contributed by atoms with Crippen LogP contribution in [0.1, 0.15) is 22.4 Å². The topological polar surface area (TPSA) is 41.6 Å². The molecule has 0 saturated heterocycles. The quantitative estimate of drug-likeness (QED) is 0.505. The molecule has 0 N–H and O–H groups in total. The molecule has 4 aromatic rings. The Morgan fingerprint density at radius 3 is 2.37 bits per heavy atom. The van der Waals surface area contributed by atoms with Crippen molar-refractivity contribution in [1.82, 2.24) is 9.55 Å². The lowest BCUT2D eigenvalue weighted by Gasteiger charge is -2.10. The Balaban J connectivity index is 1.54. The van der Waals surface area contributed by atoms with Crippen molar-refractivity contribution in [3.05, 3.63) is 114 Å². The minimum absolute atomic E-state index is 0.685. The van der Waals surface area contributed by atoms with E-state index >= 15 is 0 Å². The summed E-state index contributed by atoms with van der Waals surface area (Å²) in [6.45, 7) is 0.784. The first-order chi connectivity index (χ1) is 13.3. The first-order valence-electron chi connectivity index (χ1n) is 8.94. The summed E-state index contributed by atoms with van der Waals surface area (Å²) in [5.74, 6) is 0. The second-order valence-electron chi connectivity index (χ2n) is 6.56. The summed E-state index contributed by atoms with van der Waals surface area (Å²) in [6.07, 6.45) is 4.59. The van der Waals surface area contributed by atoms with Gasteiger partial charge in [0, 0.05) is 24.9 Å². The third-order valence-corrected chi connectivity index (χ3v) is 4.65. The number of nitrogens with zero attached hydrogens (tertiary/aromatic N) is 3. The summed E-state index contributed by atoms with van der Waals surface area (Å²) in [5.41, 5.74) is 6.71. The molecule has 3 nitrogen and oxygen atoms in total. The Bertz CT molecular complexity index is 1070. The van der Waals surface area contributed by atoms with Crippen LogP contribution in [0.5, 0.6) is 0 Å². The van der Waals surface area contributed by atoms with Crippen molar-refractivity contribution in [2.75, 3.05) is 0 Å². The largest absolute Gasteiger partial charge is 0.330 e. The molecule has 0 aliphatic rings.